The molecule has 27 heavy (non-hydrogen) atoms. The van der Waals surface area contributed by atoms with Crippen molar-refractivity contribution in [2.75, 3.05) is 64.3 Å². The Morgan fingerprint density at radius 1 is 1.15 bits per heavy atom. The summed E-state index contributed by atoms with van der Waals surface area (Å²) in [4.78, 5) is 30.6. The molecule has 0 aliphatic carbocycles. The molecule has 2 heterocycles. The summed E-state index contributed by atoms with van der Waals surface area (Å²) in [6, 6.07) is 5.85. The molecule has 0 spiro atoms. The second-order valence-corrected chi connectivity index (χ2v) is 7.13. The molecule has 1 aromatic carbocycles. The second-order valence-electron chi connectivity index (χ2n) is 7.13. The van der Waals surface area contributed by atoms with Gasteiger partial charge in [-0.05, 0) is 25.1 Å². The molecular weight excluding hydrogens is 351 g/mol. The van der Waals surface area contributed by atoms with Crippen LogP contribution in [0.25, 0.3) is 0 Å². The van der Waals surface area contributed by atoms with E-state index in [1.54, 1.807) is 12.1 Å². The molecule has 2 aliphatic heterocycles. The Hall–Kier alpha value is -2.03. The van der Waals surface area contributed by atoms with Gasteiger partial charge >= 0.3 is 0 Å². The van der Waals surface area contributed by atoms with Gasteiger partial charge in [0.05, 0.1) is 25.8 Å². The van der Waals surface area contributed by atoms with Crippen LogP contribution in [0, 0.1) is 5.82 Å². The van der Waals surface area contributed by atoms with Crippen molar-refractivity contribution in [3.63, 3.8) is 0 Å². The highest BCUT2D eigenvalue weighted by Crippen LogP contribution is 2.10. The number of rotatable bonds is 5. The predicted octanol–water partition coefficient (Wildman–Crippen LogP) is 0.629. The second kappa shape index (κ2) is 9.25. The largest absolute Gasteiger partial charge is 0.376 e. The number of hydrogen-bond acceptors (Lipinski definition) is 5. The molecular formula is C19H27FN4O3. The van der Waals surface area contributed by atoms with Crippen LogP contribution in [0.2, 0.25) is 0 Å². The average molecular weight is 378 g/mol. The molecule has 7 nitrogen and oxygen atoms in total. The fourth-order valence-corrected chi connectivity index (χ4v) is 3.45. The third kappa shape index (κ3) is 5.98. The van der Waals surface area contributed by atoms with Crippen LogP contribution in [-0.4, -0.2) is 91.6 Å². The van der Waals surface area contributed by atoms with E-state index in [2.05, 4.69) is 10.2 Å². The van der Waals surface area contributed by atoms with Crippen molar-refractivity contribution in [3.8, 4) is 0 Å². The molecule has 2 saturated heterocycles. The monoisotopic (exact) mass is 378 g/mol. The molecule has 0 saturated carbocycles. The Balaban J connectivity index is 1.39. The first-order valence-electron chi connectivity index (χ1n) is 9.39. The van der Waals surface area contributed by atoms with Gasteiger partial charge in [-0.15, -0.1) is 0 Å². The van der Waals surface area contributed by atoms with Crippen LogP contribution in [0.4, 0.5) is 10.1 Å². The highest BCUT2D eigenvalue weighted by Gasteiger charge is 2.25. The van der Waals surface area contributed by atoms with E-state index in [0.29, 0.717) is 45.0 Å². The van der Waals surface area contributed by atoms with Crippen molar-refractivity contribution in [2.24, 2.45) is 0 Å². The molecule has 1 unspecified atom stereocenters. The maximum Gasteiger partial charge on any atom is 0.238 e. The van der Waals surface area contributed by atoms with E-state index >= 15 is 0 Å². The molecule has 3 rings (SSSR count). The minimum absolute atomic E-state index is 0.132. The van der Waals surface area contributed by atoms with E-state index in [9.17, 15) is 14.0 Å². The topological polar surface area (TPSA) is 65.1 Å². The molecule has 1 aromatic rings. The van der Waals surface area contributed by atoms with Gasteiger partial charge in [-0.2, -0.15) is 0 Å². The number of carbonyl (C=O) groups is 2. The van der Waals surface area contributed by atoms with E-state index in [0.717, 1.165) is 13.1 Å². The first-order chi connectivity index (χ1) is 13.0. The van der Waals surface area contributed by atoms with Crippen LogP contribution in [0.15, 0.2) is 24.3 Å². The number of benzene rings is 1. The van der Waals surface area contributed by atoms with Gasteiger partial charge in [0.25, 0.3) is 0 Å². The maximum atomic E-state index is 13.2. The smallest absolute Gasteiger partial charge is 0.238 e. The Morgan fingerprint density at radius 3 is 2.63 bits per heavy atom. The zero-order chi connectivity index (χ0) is 19.2. The molecule has 0 bridgehead atoms. The number of morpholine rings is 1. The standard InChI is InChI=1S/C19H27FN4O3/c1-15-12-23(9-10-27-15)14-19(26)24-7-5-22(6-8-24)13-18(25)21-17-4-2-3-16(20)11-17/h2-4,11,15H,5-10,12-14H2,1H3,(H,21,25). The number of piperazine rings is 1. The summed E-state index contributed by atoms with van der Waals surface area (Å²) in [7, 11) is 0. The summed E-state index contributed by atoms with van der Waals surface area (Å²) in [5, 5.41) is 2.70. The summed E-state index contributed by atoms with van der Waals surface area (Å²) in [6.45, 7) is 7.46. The van der Waals surface area contributed by atoms with E-state index in [-0.39, 0.29) is 30.3 Å². The lowest BCUT2D eigenvalue weighted by atomic mass is 10.2. The number of nitrogens with zero attached hydrogens (tertiary/aromatic N) is 3. The quantitative estimate of drug-likeness (QED) is 0.814. The Morgan fingerprint density at radius 2 is 1.93 bits per heavy atom. The normalized spacial score (nSPS) is 21.9. The summed E-state index contributed by atoms with van der Waals surface area (Å²) < 4.78 is 18.7. The van der Waals surface area contributed by atoms with Gasteiger partial charge < -0.3 is 15.0 Å². The van der Waals surface area contributed by atoms with Gasteiger partial charge in [-0.1, -0.05) is 6.07 Å². The fraction of sp³-hybridized carbons (Fsp3) is 0.579. The van der Waals surface area contributed by atoms with Crippen LogP contribution in [0.5, 0.6) is 0 Å². The number of ether oxygens (including phenoxy) is 1. The van der Waals surface area contributed by atoms with Crippen LogP contribution in [0.3, 0.4) is 0 Å². The molecule has 2 fully saturated rings. The summed E-state index contributed by atoms with van der Waals surface area (Å²) in [5.74, 6) is -0.426. The van der Waals surface area contributed by atoms with E-state index in [1.165, 1.54) is 12.1 Å². The zero-order valence-electron chi connectivity index (χ0n) is 15.7. The van der Waals surface area contributed by atoms with Crippen molar-refractivity contribution in [2.45, 2.75) is 13.0 Å². The Bertz CT molecular complexity index is 664. The van der Waals surface area contributed by atoms with E-state index in [1.807, 2.05) is 16.7 Å². The van der Waals surface area contributed by atoms with Crippen LogP contribution in [-0.2, 0) is 14.3 Å². The number of nitrogens with one attached hydrogen (secondary N) is 1. The van der Waals surface area contributed by atoms with Crippen molar-refractivity contribution < 1.29 is 18.7 Å². The lowest BCUT2D eigenvalue weighted by molar-refractivity contribution is -0.136. The number of amides is 2. The van der Waals surface area contributed by atoms with Gasteiger partial charge in [0.2, 0.25) is 11.8 Å². The summed E-state index contributed by atoms with van der Waals surface area (Å²) >= 11 is 0. The first-order valence-corrected chi connectivity index (χ1v) is 9.39. The third-order valence-electron chi connectivity index (χ3n) is 4.88. The Labute approximate surface area is 159 Å². The average Bonchev–Trinajstić information content (AvgIpc) is 2.62. The van der Waals surface area contributed by atoms with Crippen molar-refractivity contribution in [3.05, 3.63) is 30.1 Å². The number of halogens is 1. The first kappa shape index (κ1) is 19.7. The highest BCUT2D eigenvalue weighted by molar-refractivity contribution is 5.92. The van der Waals surface area contributed by atoms with E-state index < -0.39 is 0 Å². The molecule has 0 radical (unpaired) electrons. The zero-order valence-corrected chi connectivity index (χ0v) is 15.7. The van der Waals surface area contributed by atoms with Crippen LogP contribution >= 0.6 is 0 Å². The third-order valence-corrected chi connectivity index (χ3v) is 4.88. The fourth-order valence-electron chi connectivity index (χ4n) is 3.45. The van der Waals surface area contributed by atoms with Crippen molar-refractivity contribution in [1.29, 1.82) is 0 Å². The summed E-state index contributed by atoms with van der Waals surface area (Å²) in [5.41, 5.74) is 0.452. The lowest BCUT2D eigenvalue weighted by Gasteiger charge is -2.36. The van der Waals surface area contributed by atoms with Crippen LogP contribution in [0.1, 0.15) is 6.92 Å². The van der Waals surface area contributed by atoms with Gasteiger partial charge in [0, 0.05) is 45.0 Å². The molecule has 0 aromatic heterocycles. The molecule has 1 atom stereocenters. The van der Waals surface area contributed by atoms with Crippen molar-refractivity contribution in [1.82, 2.24) is 14.7 Å². The number of hydrogen-bond donors (Lipinski definition) is 1. The molecule has 1 N–H and O–H groups in total. The minimum atomic E-state index is -0.380. The van der Waals surface area contributed by atoms with Gasteiger partial charge in [-0.3, -0.25) is 19.4 Å². The lowest BCUT2D eigenvalue weighted by Crippen LogP contribution is -2.53. The molecule has 2 aliphatic rings. The van der Waals surface area contributed by atoms with E-state index in [4.69, 9.17) is 4.74 Å². The number of anilines is 1. The van der Waals surface area contributed by atoms with Crippen molar-refractivity contribution >= 4 is 17.5 Å². The van der Waals surface area contributed by atoms with Gasteiger partial charge in [-0.25, -0.2) is 4.39 Å². The maximum absolute atomic E-state index is 13.2. The minimum Gasteiger partial charge on any atom is -0.376 e. The predicted molar refractivity (Wildman–Crippen MR) is 99.9 cm³/mol. The summed E-state index contributed by atoms with van der Waals surface area (Å²) in [6.07, 6.45) is 0.167. The van der Waals surface area contributed by atoms with Gasteiger partial charge in [0.1, 0.15) is 5.82 Å². The van der Waals surface area contributed by atoms with Gasteiger partial charge in [0.15, 0.2) is 0 Å². The molecule has 2 amide bonds. The molecule has 8 heteroatoms. The SMILES string of the molecule is CC1CN(CC(=O)N2CCN(CC(=O)Nc3cccc(F)c3)CC2)CCO1. The van der Waals surface area contributed by atoms with Crippen LogP contribution < -0.4 is 5.32 Å². The highest BCUT2D eigenvalue weighted by atomic mass is 19.1. The Kier molecular flexibility index (Phi) is 6.76. The molecule has 148 valence electrons. The number of carbonyl (C=O) groups excluding carboxylic acids is 2.